The smallest absolute Gasteiger partial charge is 0.258 e. The van der Waals surface area contributed by atoms with E-state index < -0.39 is 0 Å². The van der Waals surface area contributed by atoms with Gasteiger partial charge in [0.05, 0.1) is 57.1 Å². The standard InChI is InChI=1S/C13H16N2O2S.C9H7IN2O2/c1-13(2,3)18-11-5-8-9(6-10(11)17-4)14-7-15-12(8)16;1-14-8-3-7-5(2-6(8)10)9(13)12-4-11-7/h5-7H,1-4H3,(H,14,15,16);2-4H,1H3,(H,11,12,13). The lowest BCUT2D eigenvalue weighted by atomic mass is 10.2. The first-order valence-electron chi connectivity index (χ1n) is 9.58. The fraction of sp³-hybridized carbons (Fsp3) is 0.273. The highest BCUT2D eigenvalue weighted by atomic mass is 127. The number of aromatic amines is 2. The Morgan fingerprint density at radius 1 is 0.844 bits per heavy atom. The molecule has 2 aromatic carbocycles. The molecular weight excluding hydrogens is 543 g/mol. The van der Waals surface area contributed by atoms with Crippen LogP contribution in [0, 0.1) is 3.57 Å². The maximum atomic E-state index is 11.8. The molecule has 2 aromatic heterocycles. The molecule has 0 radical (unpaired) electrons. The third-order valence-corrected chi connectivity index (χ3v) is 6.25. The van der Waals surface area contributed by atoms with Crippen molar-refractivity contribution in [1.82, 2.24) is 19.9 Å². The van der Waals surface area contributed by atoms with Crippen LogP contribution >= 0.6 is 34.4 Å². The van der Waals surface area contributed by atoms with Gasteiger partial charge < -0.3 is 19.4 Å². The Labute approximate surface area is 202 Å². The van der Waals surface area contributed by atoms with E-state index in [0.29, 0.717) is 21.8 Å². The molecule has 8 nitrogen and oxygen atoms in total. The predicted octanol–water partition coefficient (Wildman–Crippen LogP) is 4.36. The molecule has 0 aliphatic carbocycles. The van der Waals surface area contributed by atoms with Gasteiger partial charge in [-0.3, -0.25) is 9.59 Å². The third kappa shape index (κ3) is 5.60. The Morgan fingerprint density at radius 2 is 1.34 bits per heavy atom. The maximum absolute atomic E-state index is 11.8. The molecule has 168 valence electrons. The van der Waals surface area contributed by atoms with Gasteiger partial charge in [-0.15, -0.1) is 11.8 Å². The van der Waals surface area contributed by atoms with Crippen molar-refractivity contribution >= 4 is 56.2 Å². The molecule has 2 heterocycles. The van der Waals surface area contributed by atoms with E-state index in [2.05, 4.69) is 63.3 Å². The van der Waals surface area contributed by atoms with E-state index in [0.717, 1.165) is 20.0 Å². The molecule has 0 saturated heterocycles. The van der Waals surface area contributed by atoms with Crippen LogP contribution in [-0.2, 0) is 0 Å². The molecule has 32 heavy (non-hydrogen) atoms. The van der Waals surface area contributed by atoms with Crippen LogP contribution < -0.4 is 20.6 Å². The van der Waals surface area contributed by atoms with Gasteiger partial charge in [0.2, 0.25) is 0 Å². The van der Waals surface area contributed by atoms with Crippen molar-refractivity contribution in [1.29, 1.82) is 0 Å². The molecule has 2 N–H and O–H groups in total. The summed E-state index contributed by atoms with van der Waals surface area (Å²) in [6.07, 6.45) is 2.79. The fourth-order valence-electron chi connectivity index (χ4n) is 2.87. The average molecular weight is 566 g/mol. The Morgan fingerprint density at radius 3 is 1.84 bits per heavy atom. The number of hydrogen-bond acceptors (Lipinski definition) is 7. The van der Waals surface area contributed by atoms with E-state index in [1.54, 1.807) is 44.2 Å². The monoisotopic (exact) mass is 566 g/mol. The first-order valence-corrected chi connectivity index (χ1v) is 11.5. The Kier molecular flexibility index (Phi) is 7.44. The summed E-state index contributed by atoms with van der Waals surface area (Å²) in [5.41, 5.74) is 1.04. The second-order valence-corrected chi connectivity index (χ2v) is 10.7. The third-order valence-electron chi connectivity index (χ3n) is 4.26. The number of nitrogens with zero attached hydrogens (tertiary/aromatic N) is 2. The van der Waals surface area contributed by atoms with E-state index in [-0.39, 0.29) is 15.9 Å². The summed E-state index contributed by atoms with van der Waals surface area (Å²) in [6.45, 7) is 6.36. The van der Waals surface area contributed by atoms with Crippen molar-refractivity contribution < 1.29 is 9.47 Å². The van der Waals surface area contributed by atoms with Gasteiger partial charge in [0.15, 0.2) is 0 Å². The summed E-state index contributed by atoms with van der Waals surface area (Å²) < 4.78 is 11.4. The molecule has 0 amide bonds. The number of hydrogen-bond donors (Lipinski definition) is 2. The molecule has 0 aliphatic rings. The van der Waals surface area contributed by atoms with Crippen LogP contribution in [0.4, 0.5) is 0 Å². The summed E-state index contributed by atoms with van der Waals surface area (Å²) in [5.74, 6) is 1.48. The van der Waals surface area contributed by atoms with Crippen LogP contribution in [0.1, 0.15) is 20.8 Å². The zero-order valence-electron chi connectivity index (χ0n) is 18.3. The minimum Gasteiger partial charge on any atom is -0.496 e. The fourth-order valence-corrected chi connectivity index (χ4v) is 4.64. The van der Waals surface area contributed by atoms with E-state index in [4.69, 9.17) is 9.47 Å². The largest absolute Gasteiger partial charge is 0.496 e. The van der Waals surface area contributed by atoms with Crippen LogP contribution in [0.2, 0.25) is 0 Å². The molecule has 0 atom stereocenters. The number of methoxy groups -OCH3 is 2. The van der Waals surface area contributed by atoms with Crippen LogP contribution in [0.25, 0.3) is 21.8 Å². The number of ether oxygens (including phenoxy) is 2. The van der Waals surface area contributed by atoms with E-state index in [9.17, 15) is 9.59 Å². The molecule has 4 rings (SSSR count). The number of rotatable bonds is 3. The van der Waals surface area contributed by atoms with Gasteiger partial charge in [-0.05, 0) is 34.7 Å². The minimum absolute atomic E-state index is 0.0515. The van der Waals surface area contributed by atoms with Gasteiger partial charge >= 0.3 is 0 Å². The first kappa shape index (κ1) is 24.1. The number of nitrogens with one attached hydrogen (secondary N) is 2. The quantitative estimate of drug-likeness (QED) is 0.280. The summed E-state index contributed by atoms with van der Waals surface area (Å²) in [4.78, 5) is 37.4. The minimum atomic E-state index is -0.129. The first-order chi connectivity index (χ1) is 15.1. The molecule has 0 unspecified atom stereocenters. The Hall–Kier alpha value is -2.60. The number of halogens is 1. The summed E-state index contributed by atoms with van der Waals surface area (Å²) in [6, 6.07) is 7.17. The highest BCUT2D eigenvalue weighted by Gasteiger charge is 2.17. The highest BCUT2D eigenvalue weighted by molar-refractivity contribution is 14.1. The van der Waals surface area contributed by atoms with Gasteiger partial charge in [0.1, 0.15) is 11.5 Å². The second-order valence-electron chi connectivity index (χ2n) is 7.70. The molecule has 0 fully saturated rings. The number of aromatic nitrogens is 4. The molecule has 0 saturated carbocycles. The van der Waals surface area contributed by atoms with Crippen molar-refractivity contribution in [3.63, 3.8) is 0 Å². The summed E-state index contributed by atoms with van der Waals surface area (Å²) >= 11 is 3.79. The lowest BCUT2D eigenvalue weighted by Gasteiger charge is -2.19. The average Bonchev–Trinajstić information content (AvgIpc) is 2.73. The van der Waals surface area contributed by atoms with Gasteiger partial charge in [-0.25, -0.2) is 9.97 Å². The zero-order valence-corrected chi connectivity index (χ0v) is 21.3. The maximum Gasteiger partial charge on any atom is 0.258 e. The Bertz CT molecular complexity index is 1380. The van der Waals surface area contributed by atoms with Crippen molar-refractivity contribution in [3.8, 4) is 11.5 Å². The predicted molar refractivity (Wildman–Crippen MR) is 136 cm³/mol. The van der Waals surface area contributed by atoms with Crippen LogP contribution in [-0.4, -0.2) is 38.9 Å². The van der Waals surface area contributed by atoms with Crippen molar-refractivity contribution in [2.45, 2.75) is 30.4 Å². The van der Waals surface area contributed by atoms with Crippen molar-refractivity contribution in [3.05, 3.63) is 61.2 Å². The van der Waals surface area contributed by atoms with Gasteiger partial charge in [-0.1, -0.05) is 20.8 Å². The van der Waals surface area contributed by atoms with Gasteiger partial charge in [0.25, 0.3) is 11.1 Å². The number of H-pyrrole nitrogens is 2. The number of benzene rings is 2. The molecular formula is C22H23IN4O4S. The van der Waals surface area contributed by atoms with Crippen LogP contribution in [0.3, 0.4) is 0 Å². The summed E-state index contributed by atoms with van der Waals surface area (Å²) in [7, 11) is 3.22. The molecule has 0 bridgehead atoms. The van der Waals surface area contributed by atoms with Crippen molar-refractivity contribution in [2.75, 3.05) is 14.2 Å². The van der Waals surface area contributed by atoms with E-state index >= 15 is 0 Å². The topological polar surface area (TPSA) is 110 Å². The van der Waals surface area contributed by atoms with Crippen LogP contribution in [0.15, 0.2) is 51.4 Å². The lowest BCUT2D eigenvalue weighted by molar-refractivity contribution is 0.405. The number of fused-ring (bicyclic) bond motifs is 2. The SMILES string of the molecule is COc1cc2nc[nH]c(=O)c2cc1I.COc1cc2nc[nH]c(=O)c2cc1SC(C)(C)C. The van der Waals surface area contributed by atoms with E-state index in [1.807, 2.05) is 6.07 Å². The molecule has 0 aliphatic heterocycles. The zero-order chi connectivity index (χ0) is 23.5. The van der Waals surface area contributed by atoms with Gasteiger partial charge in [0, 0.05) is 16.9 Å². The van der Waals surface area contributed by atoms with Gasteiger partial charge in [-0.2, -0.15) is 0 Å². The summed E-state index contributed by atoms with van der Waals surface area (Å²) in [5, 5.41) is 1.17. The van der Waals surface area contributed by atoms with Crippen LogP contribution in [0.5, 0.6) is 11.5 Å². The number of thioether (sulfide) groups is 1. The normalized spacial score (nSPS) is 11.2. The lowest BCUT2D eigenvalue weighted by Crippen LogP contribution is -2.09. The van der Waals surface area contributed by atoms with E-state index in [1.165, 1.54) is 12.7 Å². The highest BCUT2D eigenvalue weighted by Crippen LogP contribution is 2.39. The Balaban J connectivity index is 0.000000186. The molecule has 4 aromatic rings. The second kappa shape index (κ2) is 9.90. The van der Waals surface area contributed by atoms with Crippen molar-refractivity contribution in [2.24, 2.45) is 0 Å². The molecule has 10 heteroatoms. The molecule has 0 spiro atoms.